The highest BCUT2D eigenvalue weighted by Gasteiger charge is 2.10. The van der Waals surface area contributed by atoms with Gasteiger partial charge in [-0.2, -0.15) is 0 Å². The van der Waals surface area contributed by atoms with Crippen LogP contribution in [-0.2, 0) is 0 Å². The van der Waals surface area contributed by atoms with Gasteiger partial charge in [0.1, 0.15) is 16.2 Å². The quantitative estimate of drug-likeness (QED) is 0.643. The molecule has 0 atom stereocenters. The van der Waals surface area contributed by atoms with E-state index in [1.165, 1.54) is 0 Å². The summed E-state index contributed by atoms with van der Waals surface area (Å²) in [6.45, 7) is 0. The molecular formula is C6H2BrClO. The zero-order valence-corrected chi connectivity index (χ0v) is 6.66. The van der Waals surface area contributed by atoms with Crippen LogP contribution in [0.25, 0.3) is 11.2 Å². The average molecular weight is 205 g/mol. The van der Waals surface area contributed by atoms with Crippen LogP contribution in [0.2, 0.25) is 5.02 Å². The van der Waals surface area contributed by atoms with E-state index < -0.39 is 0 Å². The van der Waals surface area contributed by atoms with Crippen molar-refractivity contribution in [1.29, 1.82) is 0 Å². The zero-order chi connectivity index (χ0) is 6.43. The first kappa shape index (κ1) is 5.57. The molecule has 0 radical (unpaired) electrons. The molecule has 0 unspecified atom stereocenters. The number of rotatable bonds is 0. The summed E-state index contributed by atoms with van der Waals surface area (Å²) in [6.07, 6.45) is 0. The maximum Gasteiger partial charge on any atom is 0.147 e. The lowest BCUT2D eigenvalue weighted by Crippen LogP contribution is -1.59. The third-order valence-corrected chi connectivity index (χ3v) is 2.62. The van der Waals surface area contributed by atoms with Crippen molar-refractivity contribution in [1.82, 2.24) is 0 Å². The van der Waals surface area contributed by atoms with Crippen LogP contribution in [0.15, 0.2) is 21.0 Å². The van der Waals surface area contributed by atoms with Gasteiger partial charge in [0.15, 0.2) is 0 Å². The second-order valence-electron chi connectivity index (χ2n) is 1.79. The minimum Gasteiger partial charge on any atom is -0.455 e. The van der Waals surface area contributed by atoms with Crippen LogP contribution in [0.1, 0.15) is 0 Å². The standard InChI is InChI=1S/C6H2BrClO/c7-5-3-1-2-4(9-3)6(5)8/h1-2H. The van der Waals surface area contributed by atoms with Crippen LogP contribution in [0.3, 0.4) is 0 Å². The van der Waals surface area contributed by atoms with E-state index in [2.05, 4.69) is 15.9 Å². The predicted molar refractivity (Wildman–Crippen MR) is 40.1 cm³/mol. The van der Waals surface area contributed by atoms with Crippen LogP contribution < -0.4 is 0 Å². The zero-order valence-electron chi connectivity index (χ0n) is 4.32. The van der Waals surface area contributed by atoms with Gasteiger partial charge in [-0.05, 0) is 28.1 Å². The topological polar surface area (TPSA) is 13.1 Å². The molecule has 46 valence electrons. The van der Waals surface area contributed by atoms with Crippen molar-refractivity contribution < 1.29 is 4.42 Å². The van der Waals surface area contributed by atoms with E-state index >= 15 is 0 Å². The lowest BCUT2D eigenvalue weighted by molar-refractivity contribution is 0.674. The molecule has 3 heteroatoms. The number of hydrogen-bond donors (Lipinski definition) is 0. The molecule has 0 spiro atoms. The van der Waals surface area contributed by atoms with Gasteiger partial charge < -0.3 is 4.42 Å². The number of benzene rings is 1. The molecule has 0 aliphatic heterocycles. The maximum atomic E-state index is 5.76. The van der Waals surface area contributed by atoms with E-state index in [0.29, 0.717) is 5.02 Å². The van der Waals surface area contributed by atoms with Gasteiger partial charge in [-0.3, -0.25) is 0 Å². The van der Waals surface area contributed by atoms with Gasteiger partial charge in [0, 0.05) is 0 Å². The fourth-order valence-electron chi connectivity index (χ4n) is 0.790. The molecule has 2 rings (SSSR count). The van der Waals surface area contributed by atoms with Gasteiger partial charge in [0.25, 0.3) is 0 Å². The number of fused-ring (bicyclic) bond motifs is 2. The molecule has 2 heterocycles. The highest BCUT2D eigenvalue weighted by Crippen LogP contribution is 2.36. The highest BCUT2D eigenvalue weighted by molar-refractivity contribution is 9.10. The highest BCUT2D eigenvalue weighted by atomic mass is 79.9. The van der Waals surface area contributed by atoms with Gasteiger partial charge >= 0.3 is 0 Å². The summed E-state index contributed by atoms with van der Waals surface area (Å²) in [5.41, 5.74) is 1.56. The predicted octanol–water partition coefficient (Wildman–Crippen LogP) is 3.29. The first-order valence-electron chi connectivity index (χ1n) is 2.45. The molecule has 0 aliphatic carbocycles. The first-order chi connectivity index (χ1) is 4.29. The van der Waals surface area contributed by atoms with Crippen molar-refractivity contribution in [3.8, 4) is 0 Å². The smallest absolute Gasteiger partial charge is 0.147 e. The van der Waals surface area contributed by atoms with Crippen molar-refractivity contribution in [2.45, 2.75) is 0 Å². The molecule has 0 aromatic carbocycles. The molecular weight excluding hydrogens is 203 g/mol. The Balaban J connectivity index is 2.99. The molecule has 0 aliphatic rings. The van der Waals surface area contributed by atoms with E-state index in [-0.39, 0.29) is 0 Å². The summed E-state index contributed by atoms with van der Waals surface area (Å²) in [6, 6.07) is 3.73. The third-order valence-electron chi connectivity index (χ3n) is 1.23. The molecule has 0 amide bonds. The van der Waals surface area contributed by atoms with Crippen LogP contribution in [-0.4, -0.2) is 0 Å². The largest absolute Gasteiger partial charge is 0.455 e. The monoisotopic (exact) mass is 204 g/mol. The van der Waals surface area contributed by atoms with Gasteiger partial charge in [0.2, 0.25) is 0 Å². The van der Waals surface area contributed by atoms with Crippen molar-refractivity contribution in [3.05, 3.63) is 21.6 Å². The Bertz CT molecular complexity index is 297. The minimum atomic E-state index is 0.674. The fraction of sp³-hybridized carbons (Fsp3) is 0. The van der Waals surface area contributed by atoms with E-state index in [0.717, 1.165) is 15.6 Å². The molecule has 2 aromatic rings. The first-order valence-corrected chi connectivity index (χ1v) is 3.62. The van der Waals surface area contributed by atoms with E-state index in [4.69, 9.17) is 16.0 Å². The summed E-state index contributed by atoms with van der Waals surface area (Å²) in [7, 11) is 0. The molecule has 1 nitrogen and oxygen atoms in total. The van der Waals surface area contributed by atoms with Crippen molar-refractivity contribution in [2.75, 3.05) is 0 Å². The Kier molecular flexibility index (Phi) is 1.02. The molecule has 0 fully saturated rings. The lowest BCUT2D eigenvalue weighted by Gasteiger charge is -1.81. The molecule has 2 aromatic heterocycles. The van der Waals surface area contributed by atoms with Crippen LogP contribution >= 0.6 is 27.5 Å². The normalized spacial score (nSPS) is 11.3. The van der Waals surface area contributed by atoms with E-state index in [9.17, 15) is 0 Å². The van der Waals surface area contributed by atoms with Crippen LogP contribution in [0.5, 0.6) is 0 Å². The average Bonchev–Trinajstić information content (AvgIpc) is 2.37. The lowest BCUT2D eigenvalue weighted by atomic mass is 10.4. The maximum absolute atomic E-state index is 5.76. The Labute approximate surface area is 65.1 Å². The summed E-state index contributed by atoms with van der Waals surface area (Å²) in [4.78, 5) is 0. The molecule has 0 saturated carbocycles. The number of hydrogen-bond acceptors (Lipinski definition) is 1. The Morgan fingerprint density at radius 1 is 1.33 bits per heavy atom. The number of furan rings is 2. The summed E-state index contributed by atoms with van der Waals surface area (Å²) in [5.74, 6) is 0. The second kappa shape index (κ2) is 1.64. The van der Waals surface area contributed by atoms with Gasteiger partial charge in [-0.15, -0.1) is 0 Å². The van der Waals surface area contributed by atoms with Crippen molar-refractivity contribution in [3.63, 3.8) is 0 Å². The summed E-state index contributed by atoms with van der Waals surface area (Å²) >= 11 is 9.03. The van der Waals surface area contributed by atoms with Gasteiger partial charge in [-0.25, -0.2) is 0 Å². The third kappa shape index (κ3) is 0.604. The summed E-state index contributed by atoms with van der Waals surface area (Å²) < 4.78 is 6.03. The molecule has 0 N–H and O–H groups in total. The van der Waals surface area contributed by atoms with E-state index in [1.807, 2.05) is 12.1 Å². The molecule has 9 heavy (non-hydrogen) atoms. The Morgan fingerprint density at radius 3 is 2.33 bits per heavy atom. The Morgan fingerprint density at radius 2 is 2.00 bits per heavy atom. The summed E-state index contributed by atoms with van der Waals surface area (Å²) in [5, 5.41) is 0.674. The van der Waals surface area contributed by atoms with E-state index in [1.54, 1.807) is 0 Å². The fourth-order valence-corrected chi connectivity index (χ4v) is 1.39. The van der Waals surface area contributed by atoms with Crippen LogP contribution in [0.4, 0.5) is 0 Å². The van der Waals surface area contributed by atoms with Crippen molar-refractivity contribution >= 4 is 38.7 Å². The Hall–Kier alpha value is -0.210. The minimum absolute atomic E-state index is 0.674. The number of halogens is 2. The van der Waals surface area contributed by atoms with Gasteiger partial charge in [-0.1, -0.05) is 11.6 Å². The van der Waals surface area contributed by atoms with Crippen LogP contribution in [0, 0.1) is 0 Å². The van der Waals surface area contributed by atoms with Crippen molar-refractivity contribution in [2.24, 2.45) is 0 Å². The molecule has 0 saturated heterocycles. The molecule has 2 bridgehead atoms. The second-order valence-corrected chi connectivity index (χ2v) is 2.96. The SMILES string of the molecule is Clc1c(Br)c2ccc1o2. The van der Waals surface area contributed by atoms with Gasteiger partial charge in [0.05, 0.1) is 4.47 Å².